The third-order valence-corrected chi connectivity index (χ3v) is 7.15. The van der Waals surface area contributed by atoms with Gasteiger partial charge < -0.3 is 0 Å². The molecule has 2 heterocycles. The first-order valence-corrected chi connectivity index (χ1v) is 9.50. The summed E-state index contributed by atoms with van der Waals surface area (Å²) in [6.45, 7) is 2.21. The van der Waals surface area contributed by atoms with E-state index < -0.39 is 0 Å². The van der Waals surface area contributed by atoms with Gasteiger partial charge in [0.2, 0.25) is 0 Å². The molecule has 0 radical (unpaired) electrons. The maximum absolute atomic E-state index is 3.80. The lowest BCUT2D eigenvalue weighted by Crippen LogP contribution is -1.72. The Bertz CT molecular complexity index is 948. The molecule has 0 aliphatic rings. The van der Waals surface area contributed by atoms with Crippen molar-refractivity contribution >= 4 is 48.7 Å². The van der Waals surface area contributed by atoms with Crippen molar-refractivity contribution in [2.45, 2.75) is 6.92 Å². The van der Waals surface area contributed by atoms with Gasteiger partial charge in [0.15, 0.2) is 0 Å². The Morgan fingerprint density at radius 1 is 0.864 bits per heavy atom. The number of thiophene rings is 2. The summed E-state index contributed by atoms with van der Waals surface area (Å²) >= 11 is 7.53. The Morgan fingerprint density at radius 3 is 2.36 bits per heavy atom. The van der Waals surface area contributed by atoms with Gasteiger partial charge in [-0.05, 0) is 40.5 Å². The Hall–Kier alpha value is -1.42. The zero-order valence-electron chi connectivity index (χ0n) is 12.0. The lowest BCUT2D eigenvalue weighted by Gasteiger charge is -1.96. The minimum Gasteiger partial charge on any atom is -0.140 e. The number of halogens is 1. The summed E-state index contributed by atoms with van der Waals surface area (Å²) in [6.07, 6.45) is 0. The number of hydrogen-bond acceptors (Lipinski definition) is 2. The second kappa shape index (κ2) is 5.65. The monoisotopic (exact) mass is 384 g/mol. The first-order valence-electron chi connectivity index (χ1n) is 7.07. The molecule has 0 saturated carbocycles. The summed E-state index contributed by atoms with van der Waals surface area (Å²) in [5, 5.41) is 1.30. The minimum absolute atomic E-state index is 1.22. The molecule has 3 heteroatoms. The highest BCUT2D eigenvalue weighted by atomic mass is 79.9. The average molecular weight is 385 g/mol. The van der Waals surface area contributed by atoms with Crippen molar-refractivity contribution in [2.75, 3.05) is 0 Å². The highest BCUT2D eigenvalue weighted by Crippen LogP contribution is 2.46. The van der Waals surface area contributed by atoms with E-state index in [9.17, 15) is 0 Å². The molecule has 0 bridgehead atoms. The van der Waals surface area contributed by atoms with Crippen LogP contribution in [0.15, 0.2) is 65.1 Å². The van der Waals surface area contributed by atoms with E-state index in [4.69, 9.17) is 0 Å². The average Bonchev–Trinajstić information content (AvgIpc) is 3.09. The normalized spacial score (nSPS) is 11.2. The molecule has 2 aromatic heterocycles. The summed E-state index contributed by atoms with van der Waals surface area (Å²) < 4.78 is 2.55. The van der Waals surface area contributed by atoms with Crippen LogP contribution in [0.5, 0.6) is 0 Å². The summed E-state index contributed by atoms with van der Waals surface area (Å²) in [4.78, 5) is 4.03. The van der Waals surface area contributed by atoms with Crippen LogP contribution in [0.2, 0.25) is 0 Å². The van der Waals surface area contributed by atoms with E-state index in [0.717, 1.165) is 0 Å². The molecular formula is C19H13BrS2. The van der Waals surface area contributed by atoms with Gasteiger partial charge in [0.25, 0.3) is 0 Å². The lowest BCUT2D eigenvalue weighted by atomic mass is 10.1. The molecule has 0 fully saturated rings. The number of fused-ring (bicyclic) bond motifs is 1. The quantitative estimate of drug-likeness (QED) is 0.338. The van der Waals surface area contributed by atoms with Gasteiger partial charge in [0.05, 0.1) is 4.88 Å². The van der Waals surface area contributed by atoms with Crippen LogP contribution in [0, 0.1) is 6.92 Å². The van der Waals surface area contributed by atoms with Gasteiger partial charge in [-0.25, -0.2) is 0 Å². The topological polar surface area (TPSA) is 0 Å². The van der Waals surface area contributed by atoms with Crippen LogP contribution in [-0.4, -0.2) is 0 Å². The summed E-state index contributed by atoms with van der Waals surface area (Å²) in [5.74, 6) is 0. The molecule has 2 aromatic carbocycles. The Balaban J connectivity index is 1.89. The summed E-state index contributed by atoms with van der Waals surface area (Å²) in [7, 11) is 0. The minimum atomic E-state index is 1.22. The molecule has 4 rings (SSSR count). The van der Waals surface area contributed by atoms with E-state index in [1.807, 2.05) is 22.7 Å². The molecule has 4 aromatic rings. The van der Waals surface area contributed by atoms with E-state index in [0.29, 0.717) is 0 Å². The molecule has 108 valence electrons. The van der Waals surface area contributed by atoms with Crippen LogP contribution < -0.4 is 0 Å². The second-order valence-electron chi connectivity index (χ2n) is 5.19. The molecule has 0 aliphatic heterocycles. The molecule has 0 atom stereocenters. The number of aryl methyl sites for hydroxylation is 1. The van der Waals surface area contributed by atoms with Gasteiger partial charge in [-0.15, -0.1) is 22.7 Å². The zero-order chi connectivity index (χ0) is 15.1. The lowest BCUT2D eigenvalue weighted by molar-refractivity contribution is 1.63. The molecule has 22 heavy (non-hydrogen) atoms. The fourth-order valence-electron chi connectivity index (χ4n) is 2.64. The Labute approximate surface area is 146 Å². The van der Waals surface area contributed by atoms with Crippen LogP contribution in [0.25, 0.3) is 31.0 Å². The van der Waals surface area contributed by atoms with Crippen LogP contribution in [0.3, 0.4) is 0 Å². The van der Waals surface area contributed by atoms with Gasteiger partial charge in [0.1, 0.15) is 0 Å². The standard InChI is InChI=1S/C19H13BrS2/c1-12-15(11-17(21-12)13-7-3-2-4-8-13)19-18(20)14-9-5-6-10-16(14)22-19/h2-11H,1H3. The van der Waals surface area contributed by atoms with Crippen molar-refractivity contribution in [3.63, 3.8) is 0 Å². The molecule has 0 saturated heterocycles. The van der Waals surface area contributed by atoms with E-state index in [1.165, 1.54) is 40.3 Å². The first kappa shape index (κ1) is 14.2. The van der Waals surface area contributed by atoms with Crippen LogP contribution in [0.1, 0.15) is 4.88 Å². The van der Waals surface area contributed by atoms with E-state index in [1.54, 1.807) is 0 Å². The zero-order valence-corrected chi connectivity index (χ0v) is 15.2. The number of benzene rings is 2. The number of hydrogen-bond donors (Lipinski definition) is 0. The number of rotatable bonds is 2. The summed E-state index contributed by atoms with van der Waals surface area (Å²) in [6, 6.07) is 21.5. The smallest absolute Gasteiger partial charge is 0.0508 e. The summed E-state index contributed by atoms with van der Waals surface area (Å²) in [5.41, 5.74) is 2.64. The fourth-order valence-corrected chi connectivity index (χ4v) is 5.84. The van der Waals surface area contributed by atoms with Crippen LogP contribution >= 0.6 is 38.6 Å². The van der Waals surface area contributed by atoms with Crippen LogP contribution in [-0.2, 0) is 0 Å². The van der Waals surface area contributed by atoms with Crippen LogP contribution in [0.4, 0.5) is 0 Å². The molecule has 0 aliphatic carbocycles. The molecule has 0 spiro atoms. The highest BCUT2D eigenvalue weighted by molar-refractivity contribution is 9.10. The first-order chi connectivity index (χ1) is 10.7. The molecular weight excluding hydrogens is 372 g/mol. The van der Waals surface area contributed by atoms with Gasteiger partial charge in [-0.3, -0.25) is 0 Å². The van der Waals surface area contributed by atoms with E-state index in [-0.39, 0.29) is 0 Å². The van der Waals surface area contributed by atoms with Crippen molar-refractivity contribution < 1.29 is 0 Å². The Morgan fingerprint density at radius 2 is 1.59 bits per heavy atom. The third-order valence-electron chi connectivity index (χ3n) is 3.76. The van der Waals surface area contributed by atoms with Crippen molar-refractivity contribution in [3.05, 3.63) is 70.0 Å². The van der Waals surface area contributed by atoms with Gasteiger partial charge in [-0.1, -0.05) is 48.5 Å². The van der Waals surface area contributed by atoms with Gasteiger partial charge >= 0.3 is 0 Å². The molecule has 0 unspecified atom stereocenters. The van der Waals surface area contributed by atoms with Crippen molar-refractivity contribution in [1.82, 2.24) is 0 Å². The Kier molecular flexibility index (Phi) is 3.65. The third kappa shape index (κ3) is 2.34. The fraction of sp³-hybridized carbons (Fsp3) is 0.0526. The second-order valence-corrected chi connectivity index (χ2v) is 8.29. The van der Waals surface area contributed by atoms with Gasteiger partial charge in [0, 0.05) is 29.9 Å². The predicted octanol–water partition coefficient (Wildman–Crippen LogP) is 7.37. The highest BCUT2D eigenvalue weighted by Gasteiger charge is 2.16. The maximum atomic E-state index is 3.80. The largest absolute Gasteiger partial charge is 0.140 e. The molecule has 0 nitrogen and oxygen atoms in total. The van der Waals surface area contributed by atoms with E-state index in [2.05, 4.69) is 83.5 Å². The van der Waals surface area contributed by atoms with Crippen molar-refractivity contribution in [2.24, 2.45) is 0 Å². The maximum Gasteiger partial charge on any atom is 0.0508 e. The van der Waals surface area contributed by atoms with Gasteiger partial charge in [-0.2, -0.15) is 0 Å². The van der Waals surface area contributed by atoms with Crippen molar-refractivity contribution in [3.8, 4) is 20.9 Å². The predicted molar refractivity (Wildman–Crippen MR) is 103 cm³/mol. The van der Waals surface area contributed by atoms with E-state index >= 15 is 0 Å². The SMILES string of the molecule is Cc1sc(-c2ccccc2)cc1-c1sc2ccccc2c1Br. The molecule has 0 N–H and O–H groups in total. The van der Waals surface area contributed by atoms with Crippen molar-refractivity contribution in [1.29, 1.82) is 0 Å². The molecule has 0 amide bonds.